The van der Waals surface area contributed by atoms with E-state index in [1.54, 1.807) is 7.11 Å². The maximum absolute atomic E-state index is 11.0. The Morgan fingerprint density at radius 1 is 1.41 bits per heavy atom. The number of ether oxygens (including phenoxy) is 1. The van der Waals surface area contributed by atoms with Crippen molar-refractivity contribution < 1.29 is 9.53 Å². The standard InChI is InChI=1S/C16H16N4O2/c1-10(21)19-6-5-13-14-7-12(22-2)3-4-15(14)20-16(13)11(8-17)9-18/h3-4,7,11,20H,5-6H2,1-2H3,(H,19,21). The van der Waals surface area contributed by atoms with Crippen molar-refractivity contribution in [2.75, 3.05) is 13.7 Å². The molecule has 2 N–H and O–H groups in total. The number of H-pyrrole nitrogens is 1. The van der Waals surface area contributed by atoms with Gasteiger partial charge in [0.05, 0.1) is 24.9 Å². The highest BCUT2D eigenvalue weighted by molar-refractivity contribution is 5.86. The van der Waals surface area contributed by atoms with E-state index >= 15 is 0 Å². The highest BCUT2D eigenvalue weighted by Crippen LogP contribution is 2.30. The second kappa shape index (κ2) is 6.64. The molecule has 112 valence electrons. The van der Waals surface area contributed by atoms with Gasteiger partial charge < -0.3 is 15.0 Å². The van der Waals surface area contributed by atoms with Gasteiger partial charge in [0, 0.05) is 24.4 Å². The van der Waals surface area contributed by atoms with Gasteiger partial charge >= 0.3 is 0 Å². The number of nitrogens with zero attached hydrogens (tertiary/aromatic N) is 2. The number of benzene rings is 1. The number of carbonyl (C=O) groups excluding carboxylic acids is 1. The Hall–Kier alpha value is -2.99. The number of aromatic nitrogens is 1. The summed E-state index contributed by atoms with van der Waals surface area (Å²) in [4.78, 5) is 14.2. The molecule has 0 aliphatic rings. The topological polar surface area (TPSA) is 102 Å². The third-order valence-corrected chi connectivity index (χ3v) is 3.44. The van der Waals surface area contributed by atoms with E-state index in [0.717, 1.165) is 16.5 Å². The number of hydrogen-bond acceptors (Lipinski definition) is 4. The molecule has 6 nitrogen and oxygen atoms in total. The van der Waals surface area contributed by atoms with E-state index in [9.17, 15) is 4.79 Å². The van der Waals surface area contributed by atoms with Crippen LogP contribution in [0.3, 0.4) is 0 Å². The van der Waals surface area contributed by atoms with Crippen molar-refractivity contribution in [3.8, 4) is 17.9 Å². The van der Waals surface area contributed by atoms with Gasteiger partial charge in [-0.15, -0.1) is 0 Å². The molecule has 2 aromatic rings. The average Bonchev–Trinajstić information content (AvgIpc) is 2.86. The molecule has 0 fully saturated rings. The van der Waals surface area contributed by atoms with Crippen LogP contribution in [0.2, 0.25) is 0 Å². The minimum absolute atomic E-state index is 0.115. The minimum Gasteiger partial charge on any atom is -0.497 e. The van der Waals surface area contributed by atoms with E-state index in [1.807, 2.05) is 30.3 Å². The lowest BCUT2D eigenvalue weighted by Gasteiger charge is -2.06. The molecule has 0 atom stereocenters. The summed E-state index contributed by atoms with van der Waals surface area (Å²) in [5.74, 6) is -0.286. The molecule has 1 aromatic heterocycles. The molecule has 1 heterocycles. The second-order valence-electron chi connectivity index (χ2n) is 4.85. The van der Waals surface area contributed by atoms with Gasteiger partial charge in [0.15, 0.2) is 5.92 Å². The summed E-state index contributed by atoms with van der Waals surface area (Å²) >= 11 is 0. The Kier molecular flexibility index (Phi) is 4.65. The predicted octanol–water partition coefficient (Wildman–Crippen LogP) is 1.99. The van der Waals surface area contributed by atoms with Crippen molar-refractivity contribution in [1.82, 2.24) is 10.3 Å². The van der Waals surface area contributed by atoms with Crippen LogP contribution in [0.15, 0.2) is 18.2 Å². The number of carbonyl (C=O) groups is 1. The van der Waals surface area contributed by atoms with Crippen LogP contribution < -0.4 is 10.1 Å². The zero-order valence-electron chi connectivity index (χ0n) is 12.4. The van der Waals surface area contributed by atoms with E-state index < -0.39 is 5.92 Å². The molecule has 0 radical (unpaired) electrons. The van der Waals surface area contributed by atoms with Crippen LogP contribution in [-0.4, -0.2) is 24.5 Å². The molecule has 6 heteroatoms. The van der Waals surface area contributed by atoms with Gasteiger partial charge in [-0.05, 0) is 30.2 Å². The first kappa shape index (κ1) is 15.4. The van der Waals surface area contributed by atoms with Gasteiger partial charge in [-0.3, -0.25) is 4.79 Å². The molecule has 1 amide bonds. The average molecular weight is 296 g/mol. The Bertz CT molecular complexity index is 766. The van der Waals surface area contributed by atoms with Crippen molar-refractivity contribution in [3.63, 3.8) is 0 Å². The number of aromatic amines is 1. The lowest BCUT2D eigenvalue weighted by atomic mass is 10.00. The highest BCUT2D eigenvalue weighted by atomic mass is 16.5. The molecule has 22 heavy (non-hydrogen) atoms. The molecule has 0 aliphatic heterocycles. The van der Waals surface area contributed by atoms with Crippen LogP contribution in [0.25, 0.3) is 10.9 Å². The Balaban J connectivity index is 2.50. The number of fused-ring (bicyclic) bond motifs is 1. The van der Waals surface area contributed by atoms with E-state index in [-0.39, 0.29) is 5.91 Å². The third kappa shape index (κ3) is 3.02. The van der Waals surface area contributed by atoms with Crippen LogP contribution >= 0.6 is 0 Å². The number of methoxy groups -OCH3 is 1. The van der Waals surface area contributed by atoms with Crippen molar-refractivity contribution in [3.05, 3.63) is 29.5 Å². The van der Waals surface area contributed by atoms with Crippen molar-refractivity contribution in [2.24, 2.45) is 0 Å². The molecule has 0 saturated heterocycles. The normalized spacial score (nSPS) is 10.2. The molecule has 1 aromatic carbocycles. The van der Waals surface area contributed by atoms with Crippen molar-refractivity contribution >= 4 is 16.8 Å². The Morgan fingerprint density at radius 2 is 2.14 bits per heavy atom. The summed E-state index contributed by atoms with van der Waals surface area (Å²) in [6.07, 6.45) is 0.530. The first-order chi connectivity index (χ1) is 10.6. The van der Waals surface area contributed by atoms with E-state index in [0.29, 0.717) is 24.4 Å². The van der Waals surface area contributed by atoms with Gasteiger partial charge in [0.25, 0.3) is 0 Å². The summed E-state index contributed by atoms with van der Waals surface area (Å²) in [7, 11) is 1.58. The van der Waals surface area contributed by atoms with Gasteiger partial charge in [-0.1, -0.05) is 0 Å². The van der Waals surface area contributed by atoms with Crippen LogP contribution in [0.4, 0.5) is 0 Å². The molecule has 0 bridgehead atoms. The highest BCUT2D eigenvalue weighted by Gasteiger charge is 2.19. The molecule has 0 aliphatic carbocycles. The lowest BCUT2D eigenvalue weighted by molar-refractivity contribution is -0.118. The summed E-state index contributed by atoms with van der Waals surface area (Å²) in [5, 5.41) is 21.9. The number of rotatable bonds is 5. The quantitative estimate of drug-likeness (QED) is 0.880. The fourth-order valence-electron chi connectivity index (χ4n) is 2.41. The monoisotopic (exact) mass is 296 g/mol. The smallest absolute Gasteiger partial charge is 0.216 e. The zero-order chi connectivity index (χ0) is 16.1. The van der Waals surface area contributed by atoms with Crippen LogP contribution in [0, 0.1) is 22.7 Å². The molecule has 0 unspecified atom stereocenters. The van der Waals surface area contributed by atoms with Gasteiger partial charge in [-0.2, -0.15) is 10.5 Å². The first-order valence-corrected chi connectivity index (χ1v) is 6.82. The number of nitriles is 2. The van der Waals surface area contributed by atoms with E-state index in [2.05, 4.69) is 10.3 Å². The van der Waals surface area contributed by atoms with Crippen molar-refractivity contribution in [1.29, 1.82) is 10.5 Å². The van der Waals surface area contributed by atoms with Gasteiger partial charge in [-0.25, -0.2) is 0 Å². The van der Waals surface area contributed by atoms with E-state index in [1.165, 1.54) is 6.92 Å². The first-order valence-electron chi connectivity index (χ1n) is 6.82. The molecular formula is C16H16N4O2. The van der Waals surface area contributed by atoms with Crippen LogP contribution in [0.1, 0.15) is 24.1 Å². The Labute approximate surface area is 128 Å². The zero-order valence-corrected chi connectivity index (χ0v) is 12.4. The molecular weight excluding hydrogens is 280 g/mol. The number of amides is 1. The predicted molar refractivity (Wildman–Crippen MR) is 81.2 cm³/mol. The minimum atomic E-state index is -0.870. The fraction of sp³-hybridized carbons (Fsp3) is 0.312. The van der Waals surface area contributed by atoms with Gasteiger partial charge in [0.1, 0.15) is 5.75 Å². The SMILES string of the molecule is COc1ccc2[nH]c(C(C#N)C#N)c(CCNC(C)=O)c2c1. The summed E-state index contributed by atoms with van der Waals surface area (Å²) in [6.45, 7) is 1.89. The van der Waals surface area contributed by atoms with Crippen molar-refractivity contribution in [2.45, 2.75) is 19.3 Å². The van der Waals surface area contributed by atoms with E-state index in [4.69, 9.17) is 15.3 Å². The van der Waals surface area contributed by atoms with Gasteiger partial charge in [0.2, 0.25) is 5.91 Å². The lowest BCUT2D eigenvalue weighted by Crippen LogP contribution is -2.22. The molecule has 2 rings (SSSR count). The van der Waals surface area contributed by atoms with Crippen LogP contribution in [0.5, 0.6) is 5.75 Å². The fourth-order valence-corrected chi connectivity index (χ4v) is 2.41. The number of nitrogens with one attached hydrogen (secondary N) is 2. The molecule has 0 spiro atoms. The van der Waals surface area contributed by atoms with Crippen LogP contribution in [-0.2, 0) is 11.2 Å². The maximum atomic E-state index is 11.0. The Morgan fingerprint density at radius 3 is 2.73 bits per heavy atom. The summed E-state index contributed by atoms with van der Waals surface area (Å²) in [5.41, 5.74) is 2.28. The molecule has 0 saturated carbocycles. The largest absolute Gasteiger partial charge is 0.497 e. The maximum Gasteiger partial charge on any atom is 0.216 e. The number of hydrogen-bond donors (Lipinski definition) is 2. The third-order valence-electron chi connectivity index (χ3n) is 3.44. The summed E-state index contributed by atoms with van der Waals surface area (Å²) in [6, 6.07) is 9.50. The second-order valence-corrected chi connectivity index (χ2v) is 4.85. The summed E-state index contributed by atoms with van der Waals surface area (Å²) < 4.78 is 5.23.